The maximum Gasteiger partial charge on any atom is 0.254 e. The minimum absolute atomic E-state index is 0.254. The predicted molar refractivity (Wildman–Crippen MR) is 66.2 cm³/mol. The third-order valence-electron chi connectivity index (χ3n) is 2.29. The maximum atomic E-state index is 11.9. The number of nitrogens with one attached hydrogen (secondary N) is 1. The molecule has 0 bridgehead atoms. The largest absolute Gasteiger partial charge is 0.345 e. The summed E-state index contributed by atoms with van der Waals surface area (Å²) < 4.78 is 1.57. The van der Waals surface area contributed by atoms with Crippen molar-refractivity contribution in [3.05, 3.63) is 40.7 Å². The van der Waals surface area contributed by atoms with Gasteiger partial charge in [-0.15, -0.1) is 0 Å². The first-order valence-electron chi connectivity index (χ1n) is 5.31. The van der Waals surface area contributed by atoms with E-state index in [9.17, 15) is 4.79 Å². The SMILES string of the molecule is Cc1cc(Cl)c(C(=O)NCc2ncn(C)n2)cn1. The molecule has 18 heavy (non-hydrogen) atoms. The predicted octanol–water partition coefficient (Wildman–Crippen LogP) is 1.10. The second kappa shape index (κ2) is 5.14. The molecule has 0 atom stereocenters. The highest BCUT2D eigenvalue weighted by Crippen LogP contribution is 2.15. The molecule has 2 aromatic heterocycles. The van der Waals surface area contributed by atoms with Gasteiger partial charge in [0.15, 0.2) is 5.82 Å². The number of pyridine rings is 1. The highest BCUT2D eigenvalue weighted by Gasteiger charge is 2.11. The van der Waals surface area contributed by atoms with E-state index in [1.807, 2.05) is 6.92 Å². The van der Waals surface area contributed by atoms with Crippen molar-refractivity contribution in [3.8, 4) is 0 Å². The average molecular weight is 266 g/mol. The molecule has 0 fully saturated rings. The fraction of sp³-hybridized carbons (Fsp3) is 0.273. The van der Waals surface area contributed by atoms with Gasteiger partial charge in [-0.2, -0.15) is 5.10 Å². The molecule has 2 heterocycles. The molecule has 0 saturated heterocycles. The quantitative estimate of drug-likeness (QED) is 0.902. The molecule has 0 aliphatic carbocycles. The first-order valence-corrected chi connectivity index (χ1v) is 5.69. The van der Waals surface area contributed by atoms with E-state index in [1.54, 1.807) is 24.1 Å². The number of aryl methyl sites for hydroxylation is 2. The van der Waals surface area contributed by atoms with Crippen molar-refractivity contribution >= 4 is 17.5 Å². The molecule has 1 amide bonds. The monoisotopic (exact) mass is 265 g/mol. The molecule has 94 valence electrons. The molecule has 0 unspecified atom stereocenters. The van der Waals surface area contributed by atoms with E-state index < -0.39 is 0 Å². The van der Waals surface area contributed by atoms with Gasteiger partial charge < -0.3 is 5.32 Å². The lowest BCUT2D eigenvalue weighted by molar-refractivity contribution is 0.0949. The summed E-state index contributed by atoms with van der Waals surface area (Å²) in [6.45, 7) is 2.06. The number of rotatable bonds is 3. The lowest BCUT2D eigenvalue weighted by atomic mass is 10.2. The molecule has 1 N–H and O–H groups in total. The normalized spacial score (nSPS) is 10.4. The van der Waals surface area contributed by atoms with Gasteiger partial charge in [0.25, 0.3) is 5.91 Å². The molecule has 0 aliphatic heterocycles. The van der Waals surface area contributed by atoms with Gasteiger partial charge in [0.1, 0.15) is 6.33 Å². The molecule has 7 heteroatoms. The highest BCUT2D eigenvalue weighted by atomic mass is 35.5. The minimum Gasteiger partial charge on any atom is -0.345 e. The summed E-state index contributed by atoms with van der Waals surface area (Å²) in [4.78, 5) is 19.9. The summed E-state index contributed by atoms with van der Waals surface area (Å²) in [5.41, 5.74) is 1.11. The third-order valence-corrected chi connectivity index (χ3v) is 2.60. The van der Waals surface area contributed by atoms with Crippen LogP contribution in [0.5, 0.6) is 0 Å². The second-order valence-corrected chi connectivity index (χ2v) is 4.23. The van der Waals surface area contributed by atoms with Crippen LogP contribution < -0.4 is 5.32 Å². The van der Waals surface area contributed by atoms with Crippen LogP contribution in [0.3, 0.4) is 0 Å². The number of hydrogen-bond donors (Lipinski definition) is 1. The number of hydrogen-bond acceptors (Lipinski definition) is 4. The molecule has 2 aromatic rings. The summed E-state index contributed by atoms with van der Waals surface area (Å²) in [6.07, 6.45) is 3.03. The number of carbonyl (C=O) groups excluding carboxylic acids is 1. The van der Waals surface area contributed by atoms with Crippen molar-refractivity contribution in [2.45, 2.75) is 13.5 Å². The Morgan fingerprint density at radius 1 is 1.50 bits per heavy atom. The van der Waals surface area contributed by atoms with E-state index in [4.69, 9.17) is 11.6 Å². The Labute approximate surface area is 109 Å². The molecule has 6 nitrogen and oxygen atoms in total. The molecule has 0 radical (unpaired) electrons. The zero-order valence-electron chi connectivity index (χ0n) is 10.0. The summed E-state index contributed by atoms with van der Waals surface area (Å²) in [5, 5.41) is 7.13. The highest BCUT2D eigenvalue weighted by molar-refractivity contribution is 6.33. The van der Waals surface area contributed by atoms with Crippen molar-refractivity contribution in [1.29, 1.82) is 0 Å². The Morgan fingerprint density at radius 3 is 2.89 bits per heavy atom. The van der Waals surface area contributed by atoms with Crippen molar-refractivity contribution in [2.24, 2.45) is 7.05 Å². The van der Waals surface area contributed by atoms with Crippen molar-refractivity contribution in [3.63, 3.8) is 0 Å². The summed E-state index contributed by atoms with van der Waals surface area (Å²) in [6, 6.07) is 1.65. The minimum atomic E-state index is -0.292. The van der Waals surface area contributed by atoms with Gasteiger partial charge >= 0.3 is 0 Å². The fourth-order valence-corrected chi connectivity index (χ4v) is 1.71. The summed E-state index contributed by atoms with van der Waals surface area (Å²) in [7, 11) is 1.76. The third kappa shape index (κ3) is 2.84. The van der Waals surface area contributed by atoms with E-state index in [2.05, 4.69) is 20.4 Å². The zero-order chi connectivity index (χ0) is 13.1. The van der Waals surface area contributed by atoms with Gasteiger partial charge in [0, 0.05) is 18.9 Å². The number of halogens is 1. The summed E-state index contributed by atoms with van der Waals surface area (Å²) >= 11 is 5.97. The molecule has 2 rings (SSSR count). The van der Waals surface area contributed by atoms with Crippen LogP contribution in [0, 0.1) is 6.92 Å². The Balaban J connectivity index is 2.03. The Bertz CT molecular complexity index is 581. The van der Waals surface area contributed by atoms with Crippen LogP contribution in [0.25, 0.3) is 0 Å². The average Bonchev–Trinajstić information content (AvgIpc) is 2.72. The topological polar surface area (TPSA) is 72.7 Å². The number of carbonyl (C=O) groups is 1. The molecule has 0 spiro atoms. The Morgan fingerprint density at radius 2 is 2.28 bits per heavy atom. The van der Waals surface area contributed by atoms with Crippen LogP contribution in [0.1, 0.15) is 21.9 Å². The van der Waals surface area contributed by atoms with Crippen molar-refractivity contribution in [1.82, 2.24) is 25.1 Å². The first kappa shape index (κ1) is 12.5. The standard InChI is InChI=1S/C11H12ClN5O/c1-7-3-9(12)8(4-13-7)11(18)14-5-10-15-6-17(2)16-10/h3-4,6H,5H2,1-2H3,(H,14,18). The number of nitrogens with zero attached hydrogens (tertiary/aromatic N) is 4. The van der Waals surface area contributed by atoms with E-state index in [-0.39, 0.29) is 12.5 Å². The Hall–Kier alpha value is -1.95. The van der Waals surface area contributed by atoms with Crippen LogP contribution in [0.2, 0.25) is 5.02 Å². The van der Waals surface area contributed by atoms with Crippen molar-refractivity contribution < 1.29 is 4.79 Å². The first-order chi connectivity index (χ1) is 8.56. The molecular weight excluding hydrogens is 254 g/mol. The van der Waals surface area contributed by atoms with Crippen LogP contribution >= 0.6 is 11.6 Å². The fourth-order valence-electron chi connectivity index (χ4n) is 1.41. The van der Waals surface area contributed by atoms with Gasteiger partial charge in [-0.1, -0.05) is 11.6 Å². The molecule has 0 aromatic carbocycles. The van der Waals surface area contributed by atoms with Crippen LogP contribution in [0.4, 0.5) is 0 Å². The van der Waals surface area contributed by atoms with Crippen LogP contribution in [-0.2, 0) is 13.6 Å². The lowest BCUT2D eigenvalue weighted by Gasteiger charge is -2.05. The lowest BCUT2D eigenvalue weighted by Crippen LogP contribution is -2.24. The van der Waals surface area contributed by atoms with E-state index in [1.165, 1.54) is 6.20 Å². The molecule has 0 aliphatic rings. The molecular formula is C11H12ClN5O. The van der Waals surface area contributed by atoms with E-state index in [0.717, 1.165) is 5.69 Å². The zero-order valence-corrected chi connectivity index (χ0v) is 10.8. The van der Waals surface area contributed by atoms with Gasteiger partial charge in [0.05, 0.1) is 17.1 Å². The Kier molecular flexibility index (Phi) is 3.57. The smallest absolute Gasteiger partial charge is 0.254 e. The number of aromatic nitrogens is 4. The molecule has 0 saturated carbocycles. The number of amides is 1. The van der Waals surface area contributed by atoms with Crippen molar-refractivity contribution in [2.75, 3.05) is 0 Å². The van der Waals surface area contributed by atoms with Gasteiger partial charge in [-0.25, -0.2) is 4.98 Å². The maximum absolute atomic E-state index is 11.9. The van der Waals surface area contributed by atoms with E-state index >= 15 is 0 Å². The van der Waals surface area contributed by atoms with Gasteiger partial charge in [0.2, 0.25) is 0 Å². The van der Waals surface area contributed by atoms with Crippen LogP contribution in [-0.4, -0.2) is 25.7 Å². The second-order valence-electron chi connectivity index (χ2n) is 3.82. The van der Waals surface area contributed by atoms with Gasteiger partial charge in [-0.05, 0) is 13.0 Å². The summed E-state index contributed by atoms with van der Waals surface area (Å²) in [5.74, 6) is 0.252. The van der Waals surface area contributed by atoms with E-state index in [0.29, 0.717) is 16.4 Å². The van der Waals surface area contributed by atoms with Gasteiger partial charge in [-0.3, -0.25) is 14.5 Å². The van der Waals surface area contributed by atoms with Crippen LogP contribution in [0.15, 0.2) is 18.6 Å².